The van der Waals surface area contributed by atoms with Gasteiger partial charge < -0.3 is 5.32 Å². The average molecular weight is 316 g/mol. The number of hydrogen-bond acceptors (Lipinski definition) is 2. The third-order valence-electron chi connectivity index (χ3n) is 3.72. The maximum Gasteiger partial charge on any atom is 0.220 e. The monoisotopic (exact) mass is 315 g/mol. The number of hydrogen-bond donors (Lipinski definition) is 2. The van der Waals surface area contributed by atoms with E-state index in [0.29, 0.717) is 12.8 Å². The Labute approximate surface area is 136 Å². The number of unbranched alkanes of at least 4 members (excludes halogenated alkanes) is 8. The van der Waals surface area contributed by atoms with Crippen LogP contribution in [0.2, 0.25) is 0 Å². The van der Waals surface area contributed by atoms with Crippen molar-refractivity contribution in [2.45, 2.75) is 96.9 Å². The molecule has 0 saturated heterocycles. The molecule has 0 aliphatic carbocycles. The van der Waals surface area contributed by atoms with E-state index in [9.17, 15) is 9.59 Å². The quantitative estimate of drug-likeness (QED) is 0.362. The molecule has 0 aliphatic heterocycles. The van der Waals surface area contributed by atoms with Crippen LogP contribution in [0.5, 0.6) is 0 Å². The second-order valence-electron chi connectivity index (χ2n) is 5.83. The van der Waals surface area contributed by atoms with Gasteiger partial charge in [-0.25, -0.2) is 0 Å². The van der Waals surface area contributed by atoms with Crippen LogP contribution in [0, 0.1) is 0 Å². The summed E-state index contributed by atoms with van der Waals surface area (Å²) in [7, 11) is 0. The summed E-state index contributed by atoms with van der Waals surface area (Å²) in [5.41, 5.74) is 0. The van der Waals surface area contributed by atoms with Crippen LogP contribution in [-0.2, 0) is 9.59 Å². The Morgan fingerprint density at radius 1 is 0.857 bits per heavy atom. The number of carbonyl (C=O) groups is 2. The fourth-order valence-electron chi connectivity index (χ4n) is 2.41. The molecule has 21 heavy (non-hydrogen) atoms. The lowest BCUT2D eigenvalue weighted by molar-refractivity contribution is -0.124. The molecule has 1 unspecified atom stereocenters. The van der Waals surface area contributed by atoms with Gasteiger partial charge in [0.1, 0.15) is 0 Å². The fraction of sp³-hybridized carbons (Fsp3) is 0.882. The maximum atomic E-state index is 11.7. The number of nitrogens with one attached hydrogen (secondary N) is 1. The van der Waals surface area contributed by atoms with Crippen LogP contribution in [-0.4, -0.2) is 17.1 Å². The minimum atomic E-state index is -0.413. The Morgan fingerprint density at radius 2 is 1.38 bits per heavy atom. The summed E-state index contributed by atoms with van der Waals surface area (Å²) in [5, 5.41) is 2.54. The first-order chi connectivity index (χ1) is 10.1. The summed E-state index contributed by atoms with van der Waals surface area (Å²) in [6.45, 7) is 4.23. The molecule has 0 spiro atoms. The van der Waals surface area contributed by atoms with Crippen LogP contribution in [0.4, 0.5) is 0 Å². The van der Waals surface area contributed by atoms with E-state index in [0.717, 1.165) is 19.3 Å². The van der Waals surface area contributed by atoms with E-state index in [1.54, 1.807) is 0 Å². The van der Waals surface area contributed by atoms with Gasteiger partial charge in [-0.15, -0.1) is 12.6 Å². The van der Waals surface area contributed by atoms with E-state index in [1.807, 2.05) is 6.92 Å². The molecule has 0 aliphatic rings. The summed E-state index contributed by atoms with van der Waals surface area (Å²) in [4.78, 5) is 23.0. The molecule has 0 saturated carbocycles. The molecule has 0 rings (SSSR count). The highest BCUT2D eigenvalue weighted by Crippen LogP contribution is 2.10. The molecule has 1 atom stereocenters. The fourth-order valence-corrected chi connectivity index (χ4v) is 2.60. The molecule has 3 nitrogen and oxygen atoms in total. The van der Waals surface area contributed by atoms with E-state index in [1.165, 1.54) is 44.9 Å². The SMILES string of the molecule is CCCCCCCCCCCC(=O)NC(CCC)C(=O)S. The molecule has 0 aromatic heterocycles. The minimum Gasteiger partial charge on any atom is -0.345 e. The highest BCUT2D eigenvalue weighted by molar-refractivity contribution is 7.96. The lowest BCUT2D eigenvalue weighted by Gasteiger charge is -2.14. The second-order valence-corrected chi connectivity index (χ2v) is 6.27. The van der Waals surface area contributed by atoms with E-state index in [-0.39, 0.29) is 11.0 Å². The number of rotatable bonds is 14. The molecule has 1 N–H and O–H groups in total. The molecule has 0 aromatic carbocycles. The van der Waals surface area contributed by atoms with Gasteiger partial charge in [-0.05, 0) is 12.8 Å². The van der Waals surface area contributed by atoms with Gasteiger partial charge in [0.05, 0.1) is 6.04 Å². The molecule has 124 valence electrons. The lowest BCUT2D eigenvalue weighted by atomic mass is 10.1. The third-order valence-corrected chi connectivity index (χ3v) is 4.03. The highest BCUT2D eigenvalue weighted by Gasteiger charge is 2.16. The Kier molecular flexibility index (Phi) is 14.1. The Balaban J connectivity index is 3.50. The zero-order valence-electron chi connectivity index (χ0n) is 13.8. The van der Waals surface area contributed by atoms with E-state index in [4.69, 9.17) is 0 Å². The highest BCUT2D eigenvalue weighted by atomic mass is 32.1. The zero-order chi connectivity index (χ0) is 15.9. The van der Waals surface area contributed by atoms with Gasteiger partial charge in [0, 0.05) is 6.42 Å². The minimum absolute atomic E-state index is 0.0150. The van der Waals surface area contributed by atoms with Crippen LogP contribution < -0.4 is 5.32 Å². The first-order valence-corrected chi connectivity index (χ1v) is 9.08. The summed E-state index contributed by atoms with van der Waals surface area (Å²) < 4.78 is 0. The molecule has 0 bridgehead atoms. The van der Waals surface area contributed by atoms with Gasteiger partial charge in [0.25, 0.3) is 0 Å². The zero-order valence-corrected chi connectivity index (χ0v) is 14.7. The Hall–Kier alpha value is -0.510. The van der Waals surface area contributed by atoms with Gasteiger partial charge >= 0.3 is 0 Å². The van der Waals surface area contributed by atoms with Gasteiger partial charge in [0.15, 0.2) is 0 Å². The second kappa shape index (κ2) is 14.4. The predicted molar refractivity (Wildman–Crippen MR) is 92.7 cm³/mol. The molecular weight excluding hydrogens is 282 g/mol. The maximum absolute atomic E-state index is 11.7. The number of carbonyl (C=O) groups excluding carboxylic acids is 2. The summed E-state index contributed by atoms with van der Waals surface area (Å²) in [5.74, 6) is -0.0150. The summed E-state index contributed by atoms with van der Waals surface area (Å²) in [6.07, 6.45) is 13.2. The van der Waals surface area contributed by atoms with Crippen LogP contribution >= 0.6 is 12.6 Å². The van der Waals surface area contributed by atoms with Crippen LogP contribution in [0.15, 0.2) is 0 Å². The van der Waals surface area contributed by atoms with Crippen molar-refractivity contribution < 1.29 is 9.59 Å². The first kappa shape index (κ1) is 20.5. The lowest BCUT2D eigenvalue weighted by Crippen LogP contribution is -2.38. The molecule has 0 heterocycles. The van der Waals surface area contributed by atoms with Crippen molar-refractivity contribution in [3.05, 3.63) is 0 Å². The molecule has 4 heteroatoms. The summed E-state index contributed by atoms with van der Waals surface area (Å²) >= 11 is 3.82. The summed E-state index contributed by atoms with van der Waals surface area (Å²) in [6, 6.07) is -0.413. The van der Waals surface area contributed by atoms with E-state index in [2.05, 4.69) is 24.9 Å². The molecule has 0 radical (unpaired) electrons. The van der Waals surface area contributed by atoms with Crippen molar-refractivity contribution in [3.8, 4) is 0 Å². The molecule has 0 fully saturated rings. The van der Waals surface area contributed by atoms with Gasteiger partial charge in [-0.3, -0.25) is 9.59 Å². The van der Waals surface area contributed by atoms with Crippen molar-refractivity contribution >= 4 is 23.7 Å². The van der Waals surface area contributed by atoms with E-state index < -0.39 is 6.04 Å². The normalized spacial score (nSPS) is 12.1. The largest absolute Gasteiger partial charge is 0.345 e. The van der Waals surface area contributed by atoms with Crippen molar-refractivity contribution in [3.63, 3.8) is 0 Å². The predicted octanol–water partition coefficient (Wildman–Crippen LogP) is 4.65. The molecule has 0 aromatic rings. The molecule has 1 amide bonds. The van der Waals surface area contributed by atoms with Crippen LogP contribution in [0.25, 0.3) is 0 Å². The topological polar surface area (TPSA) is 46.2 Å². The number of thiol groups is 1. The average Bonchev–Trinajstić information content (AvgIpc) is 2.45. The van der Waals surface area contributed by atoms with Crippen molar-refractivity contribution in [2.24, 2.45) is 0 Å². The Morgan fingerprint density at radius 3 is 1.86 bits per heavy atom. The van der Waals surface area contributed by atoms with Crippen LogP contribution in [0.1, 0.15) is 90.9 Å². The van der Waals surface area contributed by atoms with Gasteiger partial charge in [-0.2, -0.15) is 0 Å². The van der Waals surface area contributed by atoms with Crippen molar-refractivity contribution in [1.29, 1.82) is 0 Å². The standard InChI is InChI=1S/C17H33NO2S/c1-3-5-6-7-8-9-10-11-12-14-16(19)18-15(13-4-2)17(20)21/h15H,3-14H2,1-2H3,(H,18,19)(H,20,21). The van der Waals surface area contributed by atoms with Gasteiger partial charge in [0.2, 0.25) is 11.0 Å². The van der Waals surface area contributed by atoms with Crippen molar-refractivity contribution in [2.75, 3.05) is 0 Å². The van der Waals surface area contributed by atoms with E-state index >= 15 is 0 Å². The molecular formula is C17H33NO2S. The Bertz CT molecular complexity index is 282. The number of amides is 1. The smallest absolute Gasteiger partial charge is 0.220 e. The van der Waals surface area contributed by atoms with Crippen molar-refractivity contribution in [1.82, 2.24) is 5.32 Å². The first-order valence-electron chi connectivity index (χ1n) is 8.64. The van der Waals surface area contributed by atoms with Gasteiger partial charge in [-0.1, -0.05) is 71.6 Å². The third kappa shape index (κ3) is 12.9. The van der Waals surface area contributed by atoms with Crippen LogP contribution in [0.3, 0.4) is 0 Å².